The zero-order valence-corrected chi connectivity index (χ0v) is 12.4. The van der Waals surface area contributed by atoms with Crippen LogP contribution in [0.2, 0.25) is 0 Å². The molecule has 0 amide bonds. The molecule has 0 saturated heterocycles. The molecule has 1 heterocycles. The molecule has 112 valence electrons. The summed E-state index contributed by atoms with van der Waals surface area (Å²) < 4.78 is 10.6. The van der Waals surface area contributed by atoms with Crippen molar-refractivity contribution in [1.82, 2.24) is 5.32 Å². The third kappa shape index (κ3) is 3.85. The van der Waals surface area contributed by atoms with Crippen LogP contribution in [0.4, 0.5) is 0 Å². The summed E-state index contributed by atoms with van der Waals surface area (Å²) in [5, 5.41) is 3.65. The molecule has 1 aromatic heterocycles. The van der Waals surface area contributed by atoms with Crippen LogP contribution in [0.5, 0.6) is 0 Å². The predicted molar refractivity (Wildman–Crippen MR) is 77.3 cm³/mol. The van der Waals surface area contributed by atoms with Crippen molar-refractivity contribution in [3.05, 3.63) is 24.2 Å². The highest BCUT2D eigenvalue weighted by molar-refractivity contribution is 5.72. The lowest BCUT2D eigenvalue weighted by Crippen LogP contribution is -2.37. The molecule has 1 aliphatic rings. The Kier molecular flexibility index (Phi) is 5.65. The van der Waals surface area contributed by atoms with Gasteiger partial charge in [-0.1, -0.05) is 6.92 Å². The maximum absolute atomic E-state index is 11.7. The van der Waals surface area contributed by atoms with Crippen molar-refractivity contribution < 1.29 is 13.9 Å². The molecule has 0 aromatic carbocycles. The summed E-state index contributed by atoms with van der Waals surface area (Å²) in [6, 6.07) is 4.69. The standard InChI is InChI=1S/C16H25NO3/c1-3-14(15-6-5-11-20-15)17-13-9-7-12(8-10-13)16(18)19-4-2/h5-6,11-14,17H,3-4,7-10H2,1-2H3. The average Bonchev–Trinajstić information content (AvgIpc) is 2.99. The van der Waals surface area contributed by atoms with E-state index >= 15 is 0 Å². The Bertz CT molecular complexity index is 394. The van der Waals surface area contributed by atoms with Gasteiger partial charge in [0.1, 0.15) is 5.76 Å². The van der Waals surface area contributed by atoms with Crippen LogP contribution < -0.4 is 5.32 Å². The summed E-state index contributed by atoms with van der Waals surface area (Å²) in [5.74, 6) is 1.07. The van der Waals surface area contributed by atoms with Crippen LogP contribution in [0.1, 0.15) is 57.8 Å². The fourth-order valence-electron chi connectivity index (χ4n) is 2.93. The second-order valence-electron chi connectivity index (χ2n) is 5.44. The van der Waals surface area contributed by atoms with Crippen molar-refractivity contribution in [3.63, 3.8) is 0 Å². The highest BCUT2D eigenvalue weighted by Crippen LogP contribution is 2.28. The van der Waals surface area contributed by atoms with Crippen molar-refractivity contribution >= 4 is 5.97 Å². The van der Waals surface area contributed by atoms with Gasteiger partial charge in [-0.15, -0.1) is 0 Å². The molecule has 0 spiro atoms. The van der Waals surface area contributed by atoms with E-state index in [1.54, 1.807) is 6.26 Å². The monoisotopic (exact) mass is 279 g/mol. The molecule has 1 unspecified atom stereocenters. The Balaban J connectivity index is 1.80. The second kappa shape index (κ2) is 7.48. The molecule has 1 atom stereocenters. The first kappa shape index (κ1) is 15.1. The average molecular weight is 279 g/mol. The molecule has 1 fully saturated rings. The third-order valence-electron chi connectivity index (χ3n) is 4.08. The summed E-state index contributed by atoms with van der Waals surface area (Å²) in [7, 11) is 0. The van der Waals surface area contributed by atoms with Gasteiger partial charge in [-0.05, 0) is 51.2 Å². The molecule has 1 N–H and O–H groups in total. The molecule has 0 bridgehead atoms. The quantitative estimate of drug-likeness (QED) is 0.810. The SMILES string of the molecule is CCOC(=O)C1CCC(NC(CC)c2ccco2)CC1. The smallest absolute Gasteiger partial charge is 0.308 e. The fraction of sp³-hybridized carbons (Fsp3) is 0.688. The Morgan fingerprint density at radius 2 is 2.15 bits per heavy atom. The van der Waals surface area contributed by atoms with E-state index in [1.165, 1.54) is 0 Å². The fourth-order valence-corrected chi connectivity index (χ4v) is 2.93. The molecule has 1 saturated carbocycles. The lowest BCUT2D eigenvalue weighted by molar-refractivity contribution is -0.149. The van der Waals surface area contributed by atoms with Crippen molar-refractivity contribution in [2.45, 2.75) is 58.0 Å². The van der Waals surface area contributed by atoms with Crippen LogP contribution in [-0.4, -0.2) is 18.6 Å². The summed E-state index contributed by atoms with van der Waals surface area (Å²) in [5.41, 5.74) is 0. The van der Waals surface area contributed by atoms with Gasteiger partial charge in [0, 0.05) is 6.04 Å². The van der Waals surface area contributed by atoms with Crippen LogP contribution in [0, 0.1) is 5.92 Å². The molecule has 0 aliphatic heterocycles. The Labute approximate surface area is 120 Å². The Morgan fingerprint density at radius 1 is 1.40 bits per heavy atom. The maximum atomic E-state index is 11.7. The largest absolute Gasteiger partial charge is 0.468 e. The highest BCUT2D eigenvalue weighted by Gasteiger charge is 2.28. The highest BCUT2D eigenvalue weighted by atomic mass is 16.5. The zero-order valence-electron chi connectivity index (χ0n) is 12.4. The number of carbonyl (C=O) groups is 1. The van der Waals surface area contributed by atoms with Crippen molar-refractivity contribution in [3.8, 4) is 0 Å². The summed E-state index contributed by atoms with van der Waals surface area (Å²) in [4.78, 5) is 11.7. The maximum Gasteiger partial charge on any atom is 0.308 e. The number of furan rings is 1. The van der Waals surface area contributed by atoms with E-state index in [9.17, 15) is 4.79 Å². The zero-order chi connectivity index (χ0) is 14.4. The number of ether oxygens (including phenoxy) is 1. The van der Waals surface area contributed by atoms with Crippen molar-refractivity contribution in [2.24, 2.45) is 5.92 Å². The topological polar surface area (TPSA) is 51.5 Å². The Hall–Kier alpha value is -1.29. The van der Waals surface area contributed by atoms with Crippen LogP contribution in [0.15, 0.2) is 22.8 Å². The van der Waals surface area contributed by atoms with Gasteiger partial charge in [0.25, 0.3) is 0 Å². The number of hydrogen-bond donors (Lipinski definition) is 1. The second-order valence-corrected chi connectivity index (χ2v) is 5.44. The first-order valence-electron chi connectivity index (χ1n) is 7.70. The van der Waals surface area contributed by atoms with Gasteiger partial charge < -0.3 is 14.5 Å². The summed E-state index contributed by atoms with van der Waals surface area (Å²) in [6.07, 6.45) is 6.63. The first-order valence-corrected chi connectivity index (χ1v) is 7.70. The third-order valence-corrected chi connectivity index (χ3v) is 4.08. The van der Waals surface area contributed by atoms with E-state index in [-0.39, 0.29) is 17.9 Å². The molecular weight excluding hydrogens is 254 g/mol. The number of rotatable bonds is 6. The minimum absolute atomic E-state index is 0.0240. The summed E-state index contributed by atoms with van der Waals surface area (Å²) >= 11 is 0. The molecular formula is C16H25NO3. The van der Waals surface area contributed by atoms with E-state index in [2.05, 4.69) is 12.2 Å². The molecule has 1 aliphatic carbocycles. The van der Waals surface area contributed by atoms with Gasteiger partial charge in [0.15, 0.2) is 0 Å². The van der Waals surface area contributed by atoms with E-state index in [1.807, 2.05) is 19.1 Å². The first-order chi connectivity index (χ1) is 9.74. The van der Waals surface area contributed by atoms with E-state index < -0.39 is 0 Å². The van der Waals surface area contributed by atoms with Gasteiger partial charge >= 0.3 is 5.97 Å². The predicted octanol–water partition coefficient (Wildman–Crippen LogP) is 3.44. The van der Waals surface area contributed by atoms with Crippen LogP contribution in [0.25, 0.3) is 0 Å². The van der Waals surface area contributed by atoms with E-state index in [0.29, 0.717) is 12.6 Å². The number of carbonyl (C=O) groups excluding carboxylic acids is 1. The molecule has 1 aromatic rings. The molecule has 4 nitrogen and oxygen atoms in total. The molecule has 20 heavy (non-hydrogen) atoms. The lowest BCUT2D eigenvalue weighted by atomic mass is 9.85. The number of nitrogens with one attached hydrogen (secondary N) is 1. The minimum atomic E-state index is -0.0240. The normalized spacial score (nSPS) is 24.3. The molecule has 4 heteroatoms. The van der Waals surface area contributed by atoms with Gasteiger partial charge in [0.2, 0.25) is 0 Å². The number of hydrogen-bond acceptors (Lipinski definition) is 4. The number of esters is 1. The van der Waals surface area contributed by atoms with Gasteiger partial charge in [-0.2, -0.15) is 0 Å². The van der Waals surface area contributed by atoms with Gasteiger partial charge in [-0.25, -0.2) is 0 Å². The minimum Gasteiger partial charge on any atom is -0.468 e. The van der Waals surface area contributed by atoms with Gasteiger partial charge in [0.05, 0.1) is 24.8 Å². The van der Waals surface area contributed by atoms with Crippen LogP contribution in [0.3, 0.4) is 0 Å². The molecule has 2 rings (SSSR count). The van der Waals surface area contributed by atoms with Crippen molar-refractivity contribution in [1.29, 1.82) is 0 Å². The molecule has 0 radical (unpaired) electrons. The van der Waals surface area contributed by atoms with E-state index in [4.69, 9.17) is 9.15 Å². The lowest BCUT2D eigenvalue weighted by Gasteiger charge is -2.30. The summed E-state index contributed by atoms with van der Waals surface area (Å²) in [6.45, 7) is 4.50. The van der Waals surface area contributed by atoms with Gasteiger partial charge in [-0.3, -0.25) is 4.79 Å². The van der Waals surface area contributed by atoms with E-state index in [0.717, 1.165) is 37.9 Å². The van der Waals surface area contributed by atoms with Crippen LogP contribution in [-0.2, 0) is 9.53 Å². The Morgan fingerprint density at radius 3 is 2.70 bits per heavy atom. The van der Waals surface area contributed by atoms with Crippen LogP contribution >= 0.6 is 0 Å². The van der Waals surface area contributed by atoms with Crippen molar-refractivity contribution in [2.75, 3.05) is 6.61 Å².